The average Bonchev–Trinajstić information content (AvgIpc) is 2.24. The second-order valence-corrected chi connectivity index (χ2v) is 5.98. The largest absolute Gasteiger partial charge is 0.443 e. The van der Waals surface area contributed by atoms with Crippen LogP contribution in [0.1, 0.15) is 53.4 Å². The number of ether oxygens (including phenoxy) is 1. The van der Waals surface area contributed by atoms with Crippen LogP contribution in [0.4, 0.5) is 4.79 Å². The van der Waals surface area contributed by atoms with E-state index in [4.69, 9.17) is 4.74 Å². The molecule has 0 aromatic rings. The first-order chi connectivity index (χ1) is 8.29. The van der Waals surface area contributed by atoms with E-state index < -0.39 is 11.7 Å². The molecule has 1 saturated carbocycles. The molecule has 18 heavy (non-hydrogen) atoms. The van der Waals surface area contributed by atoms with Crippen LogP contribution in [-0.2, 0) is 9.53 Å². The molecule has 5 nitrogen and oxygen atoms in total. The second-order valence-electron chi connectivity index (χ2n) is 5.98. The molecule has 0 aromatic heterocycles. The van der Waals surface area contributed by atoms with Crippen molar-refractivity contribution in [2.75, 3.05) is 0 Å². The van der Waals surface area contributed by atoms with Crippen LogP contribution in [0.25, 0.3) is 0 Å². The van der Waals surface area contributed by atoms with E-state index in [1.165, 1.54) is 6.42 Å². The Morgan fingerprint density at radius 2 is 1.72 bits per heavy atom. The maximum Gasteiger partial charge on any atom is 0.426 e. The molecule has 2 N–H and O–H groups in total. The summed E-state index contributed by atoms with van der Waals surface area (Å²) in [5.74, 6) is 0.251. The quantitative estimate of drug-likeness (QED) is 0.708. The molecule has 0 unspecified atom stereocenters. The molecule has 1 aliphatic carbocycles. The summed E-state index contributed by atoms with van der Waals surface area (Å²) in [7, 11) is 0. The van der Waals surface area contributed by atoms with E-state index in [0.717, 1.165) is 19.3 Å². The topological polar surface area (TPSA) is 67.4 Å². The van der Waals surface area contributed by atoms with E-state index >= 15 is 0 Å². The molecule has 0 saturated heterocycles. The van der Waals surface area contributed by atoms with Gasteiger partial charge in [0, 0.05) is 5.92 Å². The monoisotopic (exact) mass is 256 g/mol. The summed E-state index contributed by atoms with van der Waals surface area (Å²) >= 11 is 0. The highest BCUT2D eigenvalue weighted by molar-refractivity contribution is 5.81. The van der Waals surface area contributed by atoms with Crippen LogP contribution >= 0.6 is 0 Å². The predicted molar refractivity (Wildman–Crippen MR) is 68.6 cm³/mol. The first-order valence-electron chi connectivity index (χ1n) is 6.58. The minimum Gasteiger partial charge on any atom is -0.443 e. The third-order valence-corrected chi connectivity index (χ3v) is 3.13. The Bertz CT molecular complexity index is 310. The van der Waals surface area contributed by atoms with Gasteiger partial charge in [-0.3, -0.25) is 10.2 Å². The van der Waals surface area contributed by atoms with Crippen LogP contribution in [0, 0.1) is 11.8 Å². The zero-order valence-electron chi connectivity index (χ0n) is 11.7. The Hall–Kier alpha value is -1.26. The third kappa shape index (κ3) is 4.94. The average molecular weight is 256 g/mol. The standard InChI is InChI=1S/C13H24N2O3/c1-9-7-5-6-8-10(9)11(16)14-15-12(17)18-13(2,3)4/h9-10H,5-8H2,1-4H3,(H,14,16)(H,15,17)/t9-,10-/m1/s1. The van der Waals surface area contributed by atoms with Gasteiger partial charge in [-0.15, -0.1) is 0 Å². The second kappa shape index (κ2) is 6.07. The highest BCUT2D eigenvalue weighted by Gasteiger charge is 2.28. The van der Waals surface area contributed by atoms with Gasteiger partial charge in [0.2, 0.25) is 5.91 Å². The fourth-order valence-electron chi connectivity index (χ4n) is 2.21. The number of hydrazine groups is 1. The first kappa shape index (κ1) is 14.8. The molecule has 104 valence electrons. The van der Waals surface area contributed by atoms with Gasteiger partial charge in [0.05, 0.1) is 0 Å². The van der Waals surface area contributed by atoms with Crippen molar-refractivity contribution in [3.05, 3.63) is 0 Å². The van der Waals surface area contributed by atoms with Gasteiger partial charge in [0.15, 0.2) is 0 Å². The Kier molecular flexibility index (Phi) is 4.99. The zero-order valence-corrected chi connectivity index (χ0v) is 11.7. The Balaban J connectivity index is 2.34. The van der Waals surface area contributed by atoms with Crippen molar-refractivity contribution in [2.45, 2.75) is 59.0 Å². The minimum absolute atomic E-state index is 0.00585. The molecule has 0 bridgehead atoms. The smallest absolute Gasteiger partial charge is 0.426 e. The van der Waals surface area contributed by atoms with Crippen LogP contribution in [0.3, 0.4) is 0 Å². The lowest BCUT2D eigenvalue weighted by molar-refractivity contribution is -0.128. The lowest BCUT2D eigenvalue weighted by Crippen LogP contribution is -2.48. The van der Waals surface area contributed by atoms with E-state index in [9.17, 15) is 9.59 Å². The fraction of sp³-hybridized carbons (Fsp3) is 0.846. The van der Waals surface area contributed by atoms with Crippen LogP contribution in [0.15, 0.2) is 0 Å². The normalized spacial score (nSPS) is 24.2. The van der Waals surface area contributed by atoms with Gasteiger partial charge < -0.3 is 4.74 Å². The molecule has 0 aromatic carbocycles. The van der Waals surface area contributed by atoms with Crippen molar-refractivity contribution in [1.82, 2.24) is 10.9 Å². The van der Waals surface area contributed by atoms with Crippen LogP contribution < -0.4 is 10.9 Å². The predicted octanol–water partition coefficient (Wildman–Crippen LogP) is 2.37. The summed E-state index contributed by atoms with van der Waals surface area (Å²) < 4.78 is 5.04. The summed E-state index contributed by atoms with van der Waals surface area (Å²) in [5.41, 5.74) is 4.18. The molecule has 1 rings (SSSR count). The number of carbonyl (C=O) groups excluding carboxylic acids is 2. The summed E-state index contributed by atoms with van der Waals surface area (Å²) in [4.78, 5) is 23.3. The van der Waals surface area contributed by atoms with Gasteiger partial charge in [-0.25, -0.2) is 10.2 Å². The van der Waals surface area contributed by atoms with Crippen LogP contribution in [-0.4, -0.2) is 17.6 Å². The van der Waals surface area contributed by atoms with Gasteiger partial charge in [-0.2, -0.15) is 0 Å². The minimum atomic E-state index is -0.626. The van der Waals surface area contributed by atoms with Crippen molar-refractivity contribution >= 4 is 12.0 Å². The van der Waals surface area contributed by atoms with Crippen LogP contribution in [0.2, 0.25) is 0 Å². The number of rotatable bonds is 1. The van der Waals surface area contributed by atoms with E-state index in [2.05, 4.69) is 17.8 Å². The summed E-state index contributed by atoms with van der Waals surface area (Å²) in [6, 6.07) is 0. The zero-order chi connectivity index (χ0) is 13.8. The molecule has 5 heteroatoms. The fourth-order valence-corrected chi connectivity index (χ4v) is 2.21. The van der Waals surface area contributed by atoms with E-state index in [-0.39, 0.29) is 11.8 Å². The Labute approximate surface area is 109 Å². The lowest BCUT2D eigenvalue weighted by atomic mass is 9.80. The van der Waals surface area contributed by atoms with Crippen molar-refractivity contribution < 1.29 is 14.3 Å². The molecular formula is C13H24N2O3. The van der Waals surface area contributed by atoms with Gasteiger partial charge in [0.25, 0.3) is 0 Å². The molecule has 0 radical (unpaired) electrons. The van der Waals surface area contributed by atoms with Crippen molar-refractivity contribution in [2.24, 2.45) is 11.8 Å². The highest BCUT2D eigenvalue weighted by atomic mass is 16.6. The third-order valence-electron chi connectivity index (χ3n) is 3.13. The lowest BCUT2D eigenvalue weighted by Gasteiger charge is -2.27. The number of amides is 2. The van der Waals surface area contributed by atoms with Crippen molar-refractivity contribution in [1.29, 1.82) is 0 Å². The number of hydrogen-bond acceptors (Lipinski definition) is 3. The molecule has 2 amide bonds. The molecule has 1 aliphatic rings. The van der Waals surface area contributed by atoms with Gasteiger partial charge >= 0.3 is 6.09 Å². The molecule has 2 atom stereocenters. The molecule has 0 heterocycles. The van der Waals surface area contributed by atoms with E-state index in [1.807, 2.05) is 0 Å². The van der Waals surface area contributed by atoms with Crippen LogP contribution in [0.5, 0.6) is 0 Å². The van der Waals surface area contributed by atoms with E-state index in [1.54, 1.807) is 20.8 Å². The van der Waals surface area contributed by atoms with Gasteiger partial charge in [-0.1, -0.05) is 19.8 Å². The molecule has 1 fully saturated rings. The first-order valence-corrected chi connectivity index (χ1v) is 6.58. The molecule has 0 spiro atoms. The van der Waals surface area contributed by atoms with E-state index in [0.29, 0.717) is 5.92 Å². The summed E-state index contributed by atoms with van der Waals surface area (Å²) in [6.07, 6.45) is 3.60. The molecular weight excluding hydrogens is 232 g/mol. The SMILES string of the molecule is C[C@@H]1CCCC[C@H]1C(=O)NNC(=O)OC(C)(C)C. The van der Waals surface area contributed by atoms with Crippen molar-refractivity contribution in [3.8, 4) is 0 Å². The van der Waals surface area contributed by atoms with Gasteiger partial charge in [0.1, 0.15) is 5.60 Å². The molecule has 0 aliphatic heterocycles. The Morgan fingerprint density at radius 3 is 2.28 bits per heavy atom. The number of carbonyl (C=O) groups is 2. The summed E-state index contributed by atoms with van der Waals surface area (Å²) in [5, 5.41) is 0. The maximum atomic E-state index is 11.9. The maximum absolute atomic E-state index is 11.9. The number of hydrogen-bond donors (Lipinski definition) is 2. The van der Waals surface area contributed by atoms with Crippen molar-refractivity contribution in [3.63, 3.8) is 0 Å². The Morgan fingerprint density at radius 1 is 1.11 bits per heavy atom. The highest BCUT2D eigenvalue weighted by Crippen LogP contribution is 2.29. The summed E-state index contributed by atoms with van der Waals surface area (Å²) in [6.45, 7) is 7.41. The van der Waals surface area contributed by atoms with Gasteiger partial charge in [-0.05, 0) is 39.5 Å². The number of nitrogens with one attached hydrogen (secondary N) is 2.